The fourth-order valence-electron chi connectivity index (χ4n) is 2.52. The van der Waals surface area contributed by atoms with Gasteiger partial charge in [0.1, 0.15) is 5.58 Å². The number of hydrogen-bond acceptors (Lipinski definition) is 2. The molecule has 20 heavy (non-hydrogen) atoms. The van der Waals surface area contributed by atoms with Crippen LogP contribution >= 0.6 is 11.6 Å². The Hall–Kier alpha value is -1.77. The molecule has 0 bridgehead atoms. The number of hydrogen-bond donors (Lipinski definition) is 1. The number of furan rings is 1. The maximum atomic E-state index is 6.35. The molecule has 0 fully saturated rings. The number of para-hydroxylation sites is 1. The van der Waals surface area contributed by atoms with Gasteiger partial charge in [-0.1, -0.05) is 54.9 Å². The Morgan fingerprint density at radius 2 is 1.80 bits per heavy atom. The van der Waals surface area contributed by atoms with Crippen molar-refractivity contribution in [1.29, 1.82) is 0 Å². The first-order valence-corrected chi connectivity index (χ1v) is 7.13. The molecule has 0 saturated carbocycles. The van der Waals surface area contributed by atoms with E-state index in [9.17, 15) is 0 Å². The molecule has 3 aromatic rings. The van der Waals surface area contributed by atoms with Crippen molar-refractivity contribution in [1.82, 2.24) is 5.32 Å². The smallest absolute Gasteiger partial charge is 0.134 e. The monoisotopic (exact) mass is 285 g/mol. The summed E-state index contributed by atoms with van der Waals surface area (Å²) in [5.41, 5.74) is 3.09. The second-order valence-electron chi connectivity index (χ2n) is 4.70. The van der Waals surface area contributed by atoms with Crippen molar-refractivity contribution in [2.75, 3.05) is 6.54 Å². The molecule has 0 aliphatic heterocycles. The molecule has 0 saturated heterocycles. The summed E-state index contributed by atoms with van der Waals surface area (Å²) in [4.78, 5) is 0. The predicted molar refractivity (Wildman–Crippen MR) is 83.2 cm³/mol. The molecule has 2 aromatic carbocycles. The number of fused-ring (bicyclic) bond motifs is 1. The van der Waals surface area contributed by atoms with Gasteiger partial charge in [0.2, 0.25) is 0 Å². The van der Waals surface area contributed by atoms with Crippen LogP contribution in [0.3, 0.4) is 0 Å². The summed E-state index contributed by atoms with van der Waals surface area (Å²) >= 11 is 6.35. The number of nitrogens with one attached hydrogen (secondary N) is 1. The third kappa shape index (κ3) is 2.33. The van der Waals surface area contributed by atoms with Gasteiger partial charge in [-0.25, -0.2) is 0 Å². The van der Waals surface area contributed by atoms with Crippen LogP contribution in [0.25, 0.3) is 11.0 Å². The first-order valence-electron chi connectivity index (χ1n) is 6.75. The van der Waals surface area contributed by atoms with E-state index in [2.05, 4.69) is 24.4 Å². The van der Waals surface area contributed by atoms with Gasteiger partial charge in [-0.3, -0.25) is 0 Å². The van der Waals surface area contributed by atoms with Crippen molar-refractivity contribution in [2.24, 2.45) is 0 Å². The molecule has 0 amide bonds. The number of benzene rings is 2. The Bertz CT molecular complexity index is 720. The highest BCUT2D eigenvalue weighted by Crippen LogP contribution is 2.33. The van der Waals surface area contributed by atoms with Crippen LogP contribution in [-0.2, 0) is 0 Å². The Morgan fingerprint density at radius 1 is 1.05 bits per heavy atom. The molecule has 2 nitrogen and oxygen atoms in total. The van der Waals surface area contributed by atoms with Crippen LogP contribution in [0.4, 0.5) is 0 Å². The summed E-state index contributed by atoms with van der Waals surface area (Å²) in [6.45, 7) is 2.95. The quantitative estimate of drug-likeness (QED) is 0.746. The molecular weight excluding hydrogens is 270 g/mol. The Labute approximate surface area is 123 Å². The van der Waals surface area contributed by atoms with Gasteiger partial charge in [0.15, 0.2) is 0 Å². The molecule has 1 unspecified atom stereocenters. The lowest BCUT2D eigenvalue weighted by molar-refractivity contribution is 0.585. The van der Waals surface area contributed by atoms with Crippen molar-refractivity contribution >= 4 is 22.6 Å². The fraction of sp³-hybridized carbons (Fsp3) is 0.176. The van der Waals surface area contributed by atoms with Gasteiger partial charge >= 0.3 is 0 Å². The Kier molecular flexibility index (Phi) is 3.77. The predicted octanol–water partition coefficient (Wildman–Crippen LogP) is 4.79. The van der Waals surface area contributed by atoms with Crippen molar-refractivity contribution in [3.05, 3.63) is 70.9 Å². The average molecular weight is 286 g/mol. The number of rotatable bonds is 4. The summed E-state index contributed by atoms with van der Waals surface area (Å²) < 4.78 is 5.65. The van der Waals surface area contributed by atoms with Crippen LogP contribution in [0.15, 0.2) is 59.2 Å². The van der Waals surface area contributed by atoms with Crippen LogP contribution in [0.2, 0.25) is 5.02 Å². The minimum Gasteiger partial charge on any atom is -0.464 e. The lowest BCUT2D eigenvalue weighted by Crippen LogP contribution is -2.22. The first-order chi connectivity index (χ1) is 9.81. The molecule has 1 aromatic heterocycles. The third-order valence-electron chi connectivity index (χ3n) is 3.45. The van der Waals surface area contributed by atoms with E-state index in [-0.39, 0.29) is 6.04 Å². The van der Waals surface area contributed by atoms with E-state index in [1.807, 2.05) is 42.7 Å². The minimum atomic E-state index is 0.0392. The van der Waals surface area contributed by atoms with Gasteiger partial charge in [-0.15, -0.1) is 0 Å². The molecule has 1 N–H and O–H groups in total. The molecule has 0 spiro atoms. The van der Waals surface area contributed by atoms with Crippen LogP contribution in [0, 0.1) is 0 Å². The van der Waals surface area contributed by atoms with Crippen molar-refractivity contribution < 1.29 is 4.42 Å². The normalized spacial score (nSPS) is 12.7. The van der Waals surface area contributed by atoms with E-state index >= 15 is 0 Å². The summed E-state index contributed by atoms with van der Waals surface area (Å²) in [5.74, 6) is 0. The maximum Gasteiger partial charge on any atom is 0.134 e. The van der Waals surface area contributed by atoms with E-state index < -0.39 is 0 Å². The zero-order valence-corrected chi connectivity index (χ0v) is 12.0. The van der Waals surface area contributed by atoms with E-state index in [1.54, 1.807) is 0 Å². The van der Waals surface area contributed by atoms with Crippen molar-refractivity contribution in [3.8, 4) is 0 Å². The van der Waals surface area contributed by atoms with Crippen LogP contribution in [0.1, 0.15) is 24.1 Å². The molecule has 102 valence electrons. The summed E-state index contributed by atoms with van der Waals surface area (Å²) in [5, 5.41) is 5.38. The first kappa shape index (κ1) is 13.2. The van der Waals surface area contributed by atoms with Crippen LogP contribution < -0.4 is 5.32 Å². The average Bonchev–Trinajstić information content (AvgIpc) is 2.90. The summed E-state index contributed by atoms with van der Waals surface area (Å²) in [6, 6.07) is 16.0. The molecule has 1 heterocycles. The van der Waals surface area contributed by atoms with E-state index in [0.29, 0.717) is 0 Å². The van der Waals surface area contributed by atoms with Gasteiger partial charge in [-0.2, -0.15) is 0 Å². The minimum absolute atomic E-state index is 0.0392. The largest absolute Gasteiger partial charge is 0.464 e. The standard InChI is InChI=1S/C17H16ClNO/c1-2-19-17(13-8-3-5-9-15(13)18)14-11-20-16-10-6-4-7-12(14)16/h3-11,17,19H,2H2,1H3. The molecule has 1 atom stereocenters. The summed E-state index contributed by atoms with van der Waals surface area (Å²) in [7, 11) is 0. The molecule has 3 heteroatoms. The van der Waals surface area contributed by atoms with Gasteiger partial charge in [-0.05, 0) is 24.2 Å². The topological polar surface area (TPSA) is 25.2 Å². The second-order valence-corrected chi connectivity index (χ2v) is 5.11. The molecular formula is C17H16ClNO. The van der Waals surface area contributed by atoms with Gasteiger partial charge in [0.25, 0.3) is 0 Å². The fourth-order valence-corrected chi connectivity index (χ4v) is 2.77. The highest BCUT2D eigenvalue weighted by atomic mass is 35.5. The second kappa shape index (κ2) is 5.70. The van der Waals surface area contributed by atoms with E-state index in [1.165, 1.54) is 0 Å². The van der Waals surface area contributed by atoms with Gasteiger partial charge in [0.05, 0.1) is 12.3 Å². The highest BCUT2D eigenvalue weighted by Gasteiger charge is 2.19. The zero-order chi connectivity index (χ0) is 13.9. The molecule has 0 aliphatic rings. The molecule has 3 rings (SSSR count). The van der Waals surface area contributed by atoms with Crippen molar-refractivity contribution in [2.45, 2.75) is 13.0 Å². The highest BCUT2D eigenvalue weighted by molar-refractivity contribution is 6.31. The van der Waals surface area contributed by atoms with E-state index in [4.69, 9.17) is 16.0 Å². The lowest BCUT2D eigenvalue weighted by Gasteiger charge is -2.18. The van der Waals surface area contributed by atoms with Gasteiger partial charge < -0.3 is 9.73 Å². The molecule has 0 aliphatic carbocycles. The zero-order valence-electron chi connectivity index (χ0n) is 11.3. The van der Waals surface area contributed by atoms with Crippen LogP contribution in [-0.4, -0.2) is 6.54 Å². The van der Waals surface area contributed by atoms with Crippen LogP contribution in [0.5, 0.6) is 0 Å². The SMILES string of the molecule is CCNC(c1ccccc1Cl)c1coc2ccccc12. The summed E-state index contributed by atoms with van der Waals surface area (Å²) in [6.07, 6.45) is 1.82. The van der Waals surface area contributed by atoms with E-state index in [0.717, 1.165) is 33.7 Å². The Balaban J connectivity index is 2.14. The Morgan fingerprint density at radius 3 is 2.60 bits per heavy atom. The maximum absolute atomic E-state index is 6.35. The molecule has 0 radical (unpaired) electrons. The third-order valence-corrected chi connectivity index (χ3v) is 3.79. The van der Waals surface area contributed by atoms with Crippen molar-refractivity contribution in [3.63, 3.8) is 0 Å². The lowest BCUT2D eigenvalue weighted by atomic mass is 9.98. The number of halogens is 1. The van der Waals surface area contributed by atoms with Gasteiger partial charge in [0, 0.05) is 16.0 Å².